The van der Waals surface area contributed by atoms with Crippen LogP contribution in [-0.2, 0) is 14.8 Å². The lowest BCUT2D eigenvalue weighted by molar-refractivity contribution is 0.0405. The maximum Gasteiger partial charge on any atom is 0.432 e. The number of hydrogen-bond donors (Lipinski definition) is 3. The molecule has 0 radical (unpaired) electrons. The number of rotatable bonds is 6. The fourth-order valence-electron chi connectivity index (χ4n) is 2.17. The van der Waals surface area contributed by atoms with E-state index in [9.17, 15) is 17.6 Å². The minimum Gasteiger partial charge on any atom is -0.457 e. The molecule has 0 saturated heterocycles. The molecular weight excluding hydrogens is 367 g/mol. The molecule has 2 aromatic carbocycles. The Kier molecular flexibility index (Phi) is 4.81. The average molecular weight is 382 g/mol. The van der Waals surface area contributed by atoms with Crippen molar-refractivity contribution in [3.63, 3.8) is 0 Å². The summed E-state index contributed by atoms with van der Waals surface area (Å²) in [7, 11) is -3.95. The van der Waals surface area contributed by atoms with Crippen LogP contribution in [0.3, 0.4) is 0 Å². The van der Waals surface area contributed by atoms with E-state index in [1.165, 1.54) is 54.0 Å². The molecule has 1 saturated carbocycles. The molecule has 8 nitrogen and oxygen atoms in total. The summed E-state index contributed by atoms with van der Waals surface area (Å²) in [6, 6.07) is 10.9. The molecule has 0 aromatic heterocycles. The zero-order valence-electron chi connectivity index (χ0n) is 13.3. The molecule has 0 spiro atoms. The molecule has 1 fully saturated rings. The molecule has 2 aromatic rings. The average Bonchev–Trinajstić information content (AvgIpc) is 3.35. The van der Waals surface area contributed by atoms with E-state index in [2.05, 4.69) is 4.72 Å². The number of hydrogen-bond acceptors (Lipinski definition) is 6. The van der Waals surface area contributed by atoms with E-state index in [-0.39, 0.29) is 4.90 Å². The maximum absolute atomic E-state index is 12.9. The second-order valence-electron chi connectivity index (χ2n) is 5.63. The van der Waals surface area contributed by atoms with Crippen LogP contribution in [0.25, 0.3) is 0 Å². The van der Waals surface area contributed by atoms with Crippen LogP contribution in [0, 0.1) is 5.82 Å². The number of ether oxygens (including phenoxy) is 2. The topological polar surface area (TPSA) is 114 Å². The highest BCUT2D eigenvalue weighted by Gasteiger charge is 2.50. The molecule has 0 atom stereocenters. The maximum atomic E-state index is 12.9. The standard InChI is InChI=1S/C16H15FN2O6S/c17-11-1-3-12(4-2-11)24-13-5-7-14(8-6-13)26(22,23)19-16(9-10-16)25-15(20)18-21/h1-8,19,21H,9-10H2,(H,18,20). The molecule has 0 heterocycles. The van der Waals surface area contributed by atoms with Crippen molar-refractivity contribution >= 4 is 16.1 Å². The van der Waals surface area contributed by atoms with Gasteiger partial charge in [-0.2, -0.15) is 4.72 Å². The smallest absolute Gasteiger partial charge is 0.432 e. The van der Waals surface area contributed by atoms with E-state index in [0.717, 1.165) is 0 Å². The van der Waals surface area contributed by atoms with E-state index >= 15 is 0 Å². The lowest BCUT2D eigenvalue weighted by Crippen LogP contribution is -2.42. The SMILES string of the molecule is O=C(NO)OC1(NS(=O)(=O)c2ccc(Oc3ccc(F)cc3)cc2)CC1. The number of carbonyl (C=O) groups is 1. The summed E-state index contributed by atoms with van der Waals surface area (Å²) in [5.74, 6) is 0.379. The van der Waals surface area contributed by atoms with Gasteiger partial charge in [-0.25, -0.2) is 23.1 Å². The van der Waals surface area contributed by atoms with Crippen molar-refractivity contribution in [1.82, 2.24) is 10.2 Å². The summed E-state index contributed by atoms with van der Waals surface area (Å²) < 4.78 is 50.3. The second-order valence-corrected chi connectivity index (χ2v) is 7.31. The molecular formula is C16H15FN2O6S. The van der Waals surface area contributed by atoms with Crippen LogP contribution in [-0.4, -0.2) is 25.4 Å². The van der Waals surface area contributed by atoms with Crippen LogP contribution < -0.4 is 14.9 Å². The summed E-state index contributed by atoms with van der Waals surface area (Å²) in [6.07, 6.45) is -0.551. The Morgan fingerprint density at radius 2 is 1.58 bits per heavy atom. The quantitative estimate of drug-likeness (QED) is 0.402. The molecule has 138 valence electrons. The number of sulfonamides is 1. The molecule has 0 unspecified atom stereocenters. The van der Waals surface area contributed by atoms with Crippen LogP contribution in [0.1, 0.15) is 12.8 Å². The van der Waals surface area contributed by atoms with Gasteiger partial charge in [0.05, 0.1) is 4.90 Å². The Morgan fingerprint density at radius 1 is 1.04 bits per heavy atom. The van der Waals surface area contributed by atoms with Gasteiger partial charge < -0.3 is 9.47 Å². The molecule has 0 bridgehead atoms. The zero-order valence-corrected chi connectivity index (χ0v) is 14.1. The van der Waals surface area contributed by atoms with Crippen molar-refractivity contribution in [3.05, 3.63) is 54.3 Å². The third kappa shape index (κ3) is 4.28. The normalized spacial score (nSPS) is 15.2. The van der Waals surface area contributed by atoms with E-state index in [0.29, 0.717) is 24.3 Å². The molecule has 1 aliphatic rings. The van der Waals surface area contributed by atoms with Crippen LogP contribution in [0.5, 0.6) is 11.5 Å². The first kappa shape index (κ1) is 18.1. The number of carbonyl (C=O) groups excluding carboxylic acids is 1. The van der Waals surface area contributed by atoms with Gasteiger partial charge in [-0.3, -0.25) is 5.21 Å². The molecule has 26 heavy (non-hydrogen) atoms. The van der Waals surface area contributed by atoms with Gasteiger partial charge >= 0.3 is 6.09 Å². The van der Waals surface area contributed by atoms with E-state index in [1.807, 2.05) is 0 Å². The van der Waals surface area contributed by atoms with Gasteiger partial charge in [0.1, 0.15) is 17.3 Å². The molecule has 1 amide bonds. The van der Waals surface area contributed by atoms with Gasteiger partial charge in [0, 0.05) is 12.8 Å². The summed E-state index contributed by atoms with van der Waals surface area (Å²) in [5, 5.41) is 8.47. The molecule has 1 aliphatic carbocycles. The number of hydroxylamine groups is 1. The van der Waals surface area contributed by atoms with Crippen LogP contribution in [0.4, 0.5) is 9.18 Å². The first-order valence-electron chi connectivity index (χ1n) is 7.52. The van der Waals surface area contributed by atoms with Gasteiger partial charge in [0.2, 0.25) is 10.0 Å². The monoisotopic (exact) mass is 382 g/mol. The summed E-state index contributed by atoms with van der Waals surface area (Å²) in [5.41, 5.74) is -0.0675. The van der Waals surface area contributed by atoms with Gasteiger partial charge in [-0.15, -0.1) is 0 Å². The van der Waals surface area contributed by atoms with Gasteiger partial charge in [0.15, 0.2) is 5.72 Å². The van der Waals surface area contributed by atoms with Crippen molar-refractivity contribution < 1.29 is 32.3 Å². The van der Waals surface area contributed by atoms with Crippen LogP contribution >= 0.6 is 0 Å². The van der Waals surface area contributed by atoms with Gasteiger partial charge in [-0.05, 0) is 48.5 Å². The highest BCUT2D eigenvalue weighted by atomic mass is 32.2. The van der Waals surface area contributed by atoms with E-state index in [4.69, 9.17) is 14.7 Å². The van der Waals surface area contributed by atoms with Crippen LogP contribution in [0.2, 0.25) is 0 Å². The minimum absolute atomic E-state index is 0.0526. The van der Waals surface area contributed by atoms with E-state index in [1.54, 1.807) is 0 Å². The lowest BCUT2D eigenvalue weighted by Gasteiger charge is -2.17. The molecule has 3 rings (SSSR count). The summed E-state index contributed by atoms with van der Waals surface area (Å²) in [4.78, 5) is 11.0. The highest BCUT2D eigenvalue weighted by Crippen LogP contribution is 2.38. The highest BCUT2D eigenvalue weighted by molar-refractivity contribution is 7.89. The van der Waals surface area contributed by atoms with Crippen molar-refractivity contribution in [3.8, 4) is 11.5 Å². The number of halogens is 1. The fraction of sp³-hybridized carbons (Fsp3) is 0.188. The predicted octanol–water partition coefficient (Wildman–Crippen LogP) is 2.50. The number of benzene rings is 2. The summed E-state index contributed by atoms with van der Waals surface area (Å²) in [6.45, 7) is 0. The minimum atomic E-state index is -3.95. The first-order valence-corrected chi connectivity index (χ1v) is 9.01. The fourth-order valence-corrected chi connectivity index (χ4v) is 3.52. The summed E-state index contributed by atoms with van der Waals surface area (Å²) >= 11 is 0. The Bertz CT molecular complexity index is 895. The molecule has 10 heteroatoms. The Hall–Kier alpha value is -2.69. The third-order valence-corrected chi connectivity index (χ3v) is 5.12. The lowest BCUT2D eigenvalue weighted by atomic mass is 10.3. The van der Waals surface area contributed by atoms with Gasteiger partial charge in [-0.1, -0.05) is 0 Å². The van der Waals surface area contributed by atoms with Crippen LogP contribution in [0.15, 0.2) is 53.4 Å². The van der Waals surface area contributed by atoms with Crippen molar-refractivity contribution in [2.45, 2.75) is 23.5 Å². The van der Waals surface area contributed by atoms with Crippen molar-refractivity contribution in [1.29, 1.82) is 0 Å². The zero-order chi connectivity index (χ0) is 18.8. The molecule has 3 N–H and O–H groups in total. The number of amides is 1. The second kappa shape index (κ2) is 6.90. The largest absolute Gasteiger partial charge is 0.457 e. The number of nitrogens with one attached hydrogen (secondary N) is 2. The molecule has 0 aliphatic heterocycles. The third-order valence-electron chi connectivity index (χ3n) is 3.59. The van der Waals surface area contributed by atoms with E-state index < -0.39 is 27.7 Å². The Labute approximate surface area is 148 Å². The van der Waals surface area contributed by atoms with Crippen molar-refractivity contribution in [2.75, 3.05) is 0 Å². The predicted molar refractivity (Wildman–Crippen MR) is 86.6 cm³/mol. The van der Waals surface area contributed by atoms with Crippen molar-refractivity contribution in [2.24, 2.45) is 0 Å². The first-order chi connectivity index (χ1) is 12.3. The van der Waals surface area contributed by atoms with Gasteiger partial charge in [0.25, 0.3) is 0 Å². The Balaban J connectivity index is 1.69. The Morgan fingerprint density at radius 3 is 2.08 bits per heavy atom.